The van der Waals surface area contributed by atoms with Crippen LogP contribution in [0.25, 0.3) is 16.5 Å². The van der Waals surface area contributed by atoms with Gasteiger partial charge >= 0.3 is 0 Å². The predicted molar refractivity (Wildman–Crippen MR) is 119 cm³/mol. The highest BCUT2D eigenvalue weighted by Crippen LogP contribution is 2.22. The van der Waals surface area contributed by atoms with Gasteiger partial charge in [-0.25, -0.2) is 4.98 Å². The van der Waals surface area contributed by atoms with Crippen molar-refractivity contribution in [2.24, 2.45) is 0 Å². The summed E-state index contributed by atoms with van der Waals surface area (Å²) in [5.41, 5.74) is 3.55. The van der Waals surface area contributed by atoms with E-state index in [1.54, 1.807) is 0 Å². The Morgan fingerprint density at radius 1 is 1.11 bits per heavy atom. The van der Waals surface area contributed by atoms with Crippen LogP contribution in [-0.4, -0.2) is 34.5 Å². The molecule has 0 amide bonds. The number of halogens is 1. The molecule has 3 aromatic rings. The Bertz CT molecular complexity index is 1030. The molecule has 27 heavy (non-hydrogen) atoms. The van der Waals surface area contributed by atoms with Gasteiger partial charge in [0, 0.05) is 23.1 Å². The van der Waals surface area contributed by atoms with Gasteiger partial charge in [0.05, 0.1) is 10.9 Å². The van der Waals surface area contributed by atoms with E-state index >= 15 is 0 Å². The van der Waals surface area contributed by atoms with E-state index in [1.807, 2.05) is 18.2 Å². The van der Waals surface area contributed by atoms with Crippen LogP contribution in [0.1, 0.15) is 24.2 Å². The van der Waals surface area contributed by atoms with Crippen LogP contribution in [0.15, 0.2) is 59.4 Å². The Hall–Kier alpha value is -1.99. The van der Waals surface area contributed by atoms with Crippen LogP contribution >= 0.6 is 22.6 Å². The van der Waals surface area contributed by atoms with Gasteiger partial charge in [-0.05, 0) is 65.2 Å². The third kappa shape index (κ3) is 4.30. The monoisotopic (exact) mass is 471 g/mol. The summed E-state index contributed by atoms with van der Waals surface area (Å²) in [6.07, 6.45) is 5.22. The zero-order valence-corrected chi connectivity index (χ0v) is 17.3. The maximum Gasteiger partial charge on any atom is 0.258 e. The molecule has 1 aromatic heterocycles. The smallest absolute Gasteiger partial charge is 0.258 e. The molecule has 0 fully saturated rings. The van der Waals surface area contributed by atoms with Crippen molar-refractivity contribution >= 4 is 39.1 Å². The lowest BCUT2D eigenvalue weighted by molar-refractivity contribution is 0.297. The molecule has 1 aliphatic rings. The lowest BCUT2D eigenvalue weighted by atomic mass is 9.99. The van der Waals surface area contributed by atoms with Crippen LogP contribution in [0.3, 0.4) is 0 Å². The molecular formula is C22H22IN3O. The Balaban J connectivity index is 1.36. The molecule has 4 rings (SSSR count). The first kappa shape index (κ1) is 18.4. The van der Waals surface area contributed by atoms with Crippen molar-refractivity contribution in [1.82, 2.24) is 14.9 Å². The van der Waals surface area contributed by atoms with Gasteiger partial charge in [0.15, 0.2) is 0 Å². The van der Waals surface area contributed by atoms with Gasteiger partial charge in [-0.3, -0.25) is 9.69 Å². The van der Waals surface area contributed by atoms with Crippen LogP contribution in [0.5, 0.6) is 0 Å². The fourth-order valence-corrected chi connectivity index (χ4v) is 4.21. The first-order valence-corrected chi connectivity index (χ1v) is 10.4. The fraction of sp³-hybridized carbons (Fsp3) is 0.273. The molecule has 1 N–H and O–H groups in total. The van der Waals surface area contributed by atoms with Crippen molar-refractivity contribution in [3.05, 3.63) is 79.9 Å². The van der Waals surface area contributed by atoms with Crippen molar-refractivity contribution in [3.63, 3.8) is 0 Å². The summed E-state index contributed by atoms with van der Waals surface area (Å²) in [6.45, 7) is 3.09. The van der Waals surface area contributed by atoms with Gasteiger partial charge in [0.25, 0.3) is 5.56 Å². The number of aryl methyl sites for hydroxylation is 1. The molecule has 2 aromatic carbocycles. The third-order valence-corrected chi connectivity index (χ3v) is 5.93. The van der Waals surface area contributed by atoms with Crippen LogP contribution in [0.2, 0.25) is 0 Å². The maximum atomic E-state index is 12.3. The van der Waals surface area contributed by atoms with Crippen LogP contribution in [0, 0.1) is 3.57 Å². The molecule has 0 saturated carbocycles. The molecule has 138 valence electrons. The average Bonchev–Trinajstić information content (AvgIpc) is 2.70. The quantitative estimate of drug-likeness (QED) is 0.567. The van der Waals surface area contributed by atoms with E-state index in [-0.39, 0.29) is 5.56 Å². The second-order valence-electron chi connectivity index (χ2n) is 6.90. The highest BCUT2D eigenvalue weighted by molar-refractivity contribution is 14.1. The minimum atomic E-state index is -0.0399. The van der Waals surface area contributed by atoms with Crippen LogP contribution < -0.4 is 5.56 Å². The number of para-hydroxylation sites is 1. The second-order valence-corrected chi connectivity index (χ2v) is 8.06. The molecule has 4 nitrogen and oxygen atoms in total. The van der Waals surface area contributed by atoms with Crippen molar-refractivity contribution in [3.8, 4) is 0 Å². The molecular weight excluding hydrogens is 449 g/mol. The number of rotatable bonds is 5. The Morgan fingerprint density at radius 3 is 2.74 bits per heavy atom. The number of aromatic nitrogens is 2. The fourth-order valence-electron chi connectivity index (χ4n) is 3.59. The summed E-state index contributed by atoms with van der Waals surface area (Å²) in [5.74, 6) is 0.786. The SMILES string of the molecule is O=c1[nH]c(CCCN2CC=C(c3ccccc3)CC2)nc2c(I)cccc12. The molecule has 5 heteroatoms. The van der Waals surface area contributed by atoms with E-state index < -0.39 is 0 Å². The minimum Gasteiger partial charge on any atom is -0.310 e. The molecule has 0 saturated heterocycles. The lowest BCUT2D eigenvalue weighted by Crippen LogP contribution is -2.30. The summed E-state index contributed by atoms with van der Waals surface area (Å²) in [5, 5.41) is 0.667. The topological polar surface area (TPSA) is 49.0 Å². The highest BCUT2D eigenvalue weighted by atomic mass is 127. The van der Waals surface area contributed by atoms with Gasteiger partial charge in [-0.15, -0.1) is 0 Å². The number of aromatic amines is 1. The number of hydrogen-bond donors (Lipinski definition) is 1. The van der Waals surface area contributed by atoms with Crippen LogP contribution in [-0.2, 0) is 6.42 Å². The summed E-state index contributed by atoms with van der Waals surface area (Å²) < 4.78 is 1.02. The van der Waals surface area contributed by atoms with E-state index in [9.17, 15) is 4.79 Å². The van der Waals surface area contributed by atoms with E-state index in [2.05, 4.69) is 73.9 Å². The average molecular weight is 471 g/mol. The summed E-state index contributed by atoms with van der Waals surface area (Å²) in [4.78, 5) is 22.4. The maximum absolute atomic E-state index is 12.3. The predicted octanol–water partition coefficient (Wildman–Crippen LogP) is 4.25. The molecule has 0 spiro atoms. The van der Waals surface area contributed by atoms with Crippen molar-refractivity contribution in [2.75, 3.05) is 19.6 Å². The van der Waals surface area contributed by atoms with E-state index in [0.29, 0.717) is 5.39 Å². The van der Waals surface area contributed by atoms with Gasteiger partial charge in [-0.1, -0.05) is 42.5 Å². The van der Waals surface area contributed by atoms with E-state index in [4.69, 9.17) is 0 Å². The largest absolute Gasteiger partial charge is 0.310 e. The normalized spacial score (nSPS) is 15.1. The first-order chi connectivity index (χ1) is 13.2. The molecule has 2 heterocycles. The highest BCUT2D eigenvalue weighted by Gasteiger charge is 2.13. The molecule has 0 radical (unpaired) electrons. The molecule has 0 aliphatic carbocycles. The number of hydrogen-bond acceptors (Lipinski definition) is 3. The van der Waals surface area contributed by atoms with Crippen LogP contribution in [0.4, 0.5) is 0 Å². The summed E-state index contributed by atoms with van der Waals surface area (Å²) >= 11 is 2.24. The zero-order chi connectivity index (χ0) is 18.6. The second kappa shape index (κ2) is 8.35. The molecule has 0 atom stereocenters. The Labute approximate surface area is 172 Å². The molecule has 0 unspecified atom stereocenters. The molecule has 1 aliphatic heterocycles. The summed E-state index contributed by atoms with van der Waals surface area (Å²) in [7, 11) is 0. The van der Waals surface area contributed by atoms with Crippen molar-refractivity contribution < 1.29 is 0 Å². The number of nitrogens with zero attached hydrogens (tertiary/aromatic N) is 2. The van der Waals surface area contributed by atoms with Crippen molar-refractivity contribution in [1.29, 1.82) is 0 Å². The van der Waals surface area contributed by atoms with Gasteiger partial charge in [-0.2, -0.15) is 0 Å². The van der Waals surface area contributed by atoms with Gasteiger partial charge in [0.1, 0.15) is 5.82 Å². The van der Waals surface area contributed by atoms with E-state index in [0.717, 1.165) is 53.8 Å². The number of nitrogens with one attached hydrogen (secondary N) is 1. The van der Waals surface area contributed by atoms with E-state index in [1.165, 1.54) is 11.1 Å². The minimum absolute atomic E-state index is 0.0399. The lowest BCUT2D eigenvalue weighted by Gasteiger charge is -2.26. The summed E-state index contributed by atoms with van der Waals surface area (Å²) in [6, 6.07) is 16.3. The van der Waals surface area contributed by atoms with Gasteiger partial charge < -0.3 is 4.98 Å². The zero-order valence-electron chi connectivity index (χ0n) is 15.1. The Morgan fingerprint density at radius 2 is 1.96 bits per heavy atom. The standard InChI is InChI=1S/C22H22IN3O/c23-19-9-4-8-18-21(19)24-20(25-22(18)27)10-5-13-26-14-11-17(12-15-26)16-6-2-1-3-7-16/h1-4,6-9,11H,5,10,12-15H2,(H,24,25,27). The first-order valence-electron chi connectivity index (χ1n) is 9.35. The number of benzene rings is 2. The third-order valence-electron chi connectivity index (χ3n) is 5.06. The van der Waals surface area contributed by atoms with Crippen molar-refractivity contribution in [2.45, 2.75) is 19.3 Å². The van der Waals surface area contributed by atoms with Gasteiger partial charge in [0.2, 0.25) is 0 Å². The molecule has 0 bridgehead atoms. The Kier molecular flexibility index (Phi) is 5.69. The number of H-pyrrole nitrogens is 1. The number of fused-ring (bicyclic) bond motifs is 1.